The molecule has 0 radical (unpaired) electrons. The maximum Gasteiger partial charge on any atom is 0.145 e. The molecule has 1 aliphatic heterocycles. The lowest BCUT2D eigenvalue weighted by Gasteiger charge is -2.41. The molecule has 0 amide bonds. The third-order valence-corrected chi connectivity index (χ3v) is 6.56. The summed E-state index contributed by atoms with van der Waals surface area (Å²) in [6.45, 7) is -0.523. The van der Waals surface area contributed by atoms with Crippen molar-refractivity contribution < 1.29 is 28.8 Å². The second-order valence-corrected chi connectivity index (χ2v) is 8.98. The van der Waals surface area contributed by atoms with Gasteiger partial charge in [0.15, 0.2) is 0 Å². The van der Waals surface area contributed by atoms with Gasteiger partial charge in [0.05, 0.1) is 17.8 Å². The molecule has 1 aromatic carbocycles. The second kappa shape index (κ2) is 9.56. The Morgan fingerprint density at radius 2 is 1.81 bits per heavy atom. The molecule has 170 valence electrons. The van der Waals surface area contributed by atoms with E-state index in [0.717, 1.165) is 23.9 Å². The molecule has 0 bridgehead atoms. The number of benzene rings is 1. The van der Waals surface area contributed by atoms with Gasteiger partial charge in [-0.15, -0.1) is 5.10 Å². The summed E-state index contributed by atoms with van der Waals surface area (Å²) in [6, 6.07) is 2.55. The minimum absolute atomic E-state index is 0.0707. The molecule has 3 N–H and O–H groups in total. The molecule has 0 spiro atoms. The summed E-state index contributed by atoms with van der Waals surface area (Å²) in [6.07, 6.45) is 0.611. The van der Waals surface area contributed by atoms with Gasteiger partial charge in [0.25, 0.3) is 0 Å². The van der Waals surface area contributed by atoms with Crippen LogP contribution in [-0.2, 0) is 4.74 Å². The summed E-state index contributed by atoms with van der Waals surface area (Å²) < 4.78 is 34.5. The highest BCUT2D eigenvalue weighted by Gasteiger charge is 2.46. The van der Waals surface area contributed by atoms with Crippen molar-refractivity contribution in [3.8, 4) is 11.3 Å². The Bertz CT molecular complexity index is 1100. The van der Waals surface area contributed by atoms with E-state index < -0.39 is 53.1 Å². The fraction of sp³-hybridized carbons (Fsp3) is 0.316. The van der Waals surface area contributed by atoms with Crippen LogP contribution >= 0.6 is 35.0 Å². The van der Waals surface area contributed by atoms with Gasteiger partial charge in [-0.2, -0.15) is 0 Å². The molecule has 5 atom stereocenters. The predicted octanol–water partition coefficient (Wildman–Crippen LogP) is 2.70. The molecule has 13 heteroatoms. The van der Waals surface area contributed by atoms with Gasteiger partial charge in [-0.3, -0.25) is 4.98 Å². The summed E-state index contributed by atoms with van der Waals surface area (Å²) >= 11 is 12.6. The van der Waals surface area contributed by atoms with E-state index in [9.17, 15) is 24.1 Å². The average Bonchev–Trinajstić information content (AvgIpc) is 3.23. The SMILES string of the molecule is OCC1O[C@H](Sc2cncc(Cl)c2)C(O)C(n2cc(-c3cc(F)c(Cl)c(F)c3)nn2)[C@H]1O. The van der Waals surface area contributed by atoms with Crippen molar-refractivity contribution in [2.75, 3.05) is 6.61 Å². The topological polar surface area (TPSA) is 114 Å². The van der Waals surface area contributed by atoms with Crippen molar-refractivity contribution in [2.45, 2.75) is 34.7 Å². The van der Waals surface area contributed by atoms with Crippen LogP contribution in [0.5, 0.6) is 0 Å². The van der Waals surface area contributed by atoms with Crippen LogP contribution in [0.25, 0.3) is 11.3 Å². The van der Waals surface area contributed by atoms with Crippen molar-refractivity contribution in [3.63, 3.8) is 0 Å². The normalized spacial score (nSPS) is 25.8. The first-order chi connectivity index (χ1) is 15.3. The van der Waals surface area contributed by atoms with E-state index in [-0.39, 0.29) is 11.3 Å². The van der Waals surface area contributed by atoms with Crippen LogP contribution in [0.15, 0.2) is 41.7 Å². The number of rotatable bonds is 5. The number of hydrogen-bond donors (Lipinski definition) is 3. The summed E-state index contributed by atoms with van der Waals surface area (Å²) in [5, 5.41) is 38.8. The fourth-order valence-electron chi connectivity index (χ4n) is 3.33. The fourth-order valence-corrected chi connectivity index (χ4v) is 4.76. The average molecular weight is 505 g/mol. The van der Waals surface area contributed by atoms with Crippen molar-refractivity contribution in [2.24, 2.45) is 0 Å². The number of aliphatic hydroxyl groups excluding tert-OH is 3. The lowest BCUT2D eigenvalue weighted by molar-refractivity contribution is -0.178. The Morgan fingerprint density at radius 1 is 1.09 bits per heavy atom. The van der Waals surface area contributed by atoms with E-state index in [1.165, 1.54) is 23.3 Å². The minimum Gasteiger partial charge on any atom is -0.394 e. The molecule has 1 aliphatic rings. The van der Waals surface area contributed by atoms with E-state index in [1.54, 1.807) is 6.07 Å². The van der Waals surface area contributed by atoms with E-state index in [2.05, 4.69) is 15.3 Å². The van der Waals surface area contributed by atoms with E-state index in [4.69, 9.17) is 27.9 Å². The zero-order valence-corrected chi connectivity index (χ0v) is 18.3. The maximum atomic E-state index is 13.8. The highest BCUT2D eigenvalue weighted by Crippen LogP contribution is 2.38. The van der Waals surface area contributed by atoms with Crippen LogP contribution in [0, 0.1) is 11.6 Å². The van der Waals surface area contributed by atoms with Gasteiger partial charge in [-0.25, -0.2) is 13.5 Å². The quantitative estimate of drug-likeness (QED) is 0.454. The van der Waals surface area contributed by atoms with Crippen LogP contribution in [0.4, 0.5) is 8.78 Å². The molecular weight excluding hydrogens is 489 g/mol. The van der Waals surface area contributed by atoms with E-state index in [0.29, 0.717) is 9.92 Å². The molecule has 0 saturated carbocycles. The van der Waals surface area contributed by atoms with Gasteiger partial charge < -0.3 is 20.1 Å². The largest absolute Gasteiger partial charge is 0.394 e. The number of hydrogen-bond acceptors (Lipinski definition) is 8. The standard InChI is InChI=1S/C19H16Cl2F2N4O4S/c20-9-3-10(5-24-4-9)32-19-18(30)16(17(29)14(7-28)31-19)27-6-13(25-26-27)8-1-11(22)15(21)12(23)2-8/h1-6,14,16-19,28-30H,7H2/t14?,16?,17-,18?,19+/m0/s1. The van der Waals surface area contributed by atoms with Crippen LogP contribution in [-0.4, -0.2) is 65.7 Å². The van der Waals surface area contributed by atoms with Gasteiger partial charge in [-0.1, -0.05) is 40.2 Å². The highest BCUT2D eigenvalue weighted by molar-refractivity contribution is 7.99. The number of ether oxygens (including phenoxy) is 1. The van der Waals surface area contributed by atoms with Crippen molar-refractivity contribution in [1.29, 1.82) is 0 Å². The number of nitrogens with zero attached hydrogens (tertiary/aromatic N) is 4. The maximum absolute atomic E-state index is 13.8. The van der Waals surface area contributed by atoms with Crippen LogP contribution in [0.2, 0.25) is 10.0 Å². The Kier molecular flexibility index (Phi) is 6.96. The Labute approximate surface area is 194 Å². The van der Waals surface area contributed by atoms with Gasteiger partial charge in [0.1, 0.15) is 52.1 Å². The summed E-state index contributed by atoms with van der Waals surface area (Å²) in [5.41, 5.74) is -0.755. The lowest BCUT2D eigenvalue weighted by Crippen LogP contribution is -2.55. The molecule has 1 fully saturated rings. The first kappa shape index (κ1) is 23.3. The molecule has 2 aromatic heterocycles. The van der Waals surface area contributed by atoms with Crippen LogP contribution in [0.1, 0.15) is 6.04 Å². The van der Waals surface area contributed by atoms with Gasteiger partial charge in [0, 0.05) is 22.9 Å². The molecule has 3 unspecified atom stereocenters. The summed E-state index contributed by atoms with van der Waals surface area (Å²) in [7, 11) is 0. The second-order valence-electron chi connectivity index (χ2n) is 6.99. The monoisotopic (exact) mass is 504 g/mol. The molecule has 3 heterocycles. The van der Waals surface area contributed by atoms with Crippen molar-refractivity contribution in [1.82, 2.24) is 20.0 Å². The summed E-state index contributed by atoms with van der Waals surface area (Å²) in [4.78, 5) is 4.57. The molecule has 8 nitrogen and oxygen atoms in total. The minimum atomic E-state index is -1.35. The Hall–Kier alpha value is -1.86. The molecule has 1 saturated heterocycles. The first-order valence-corrected chi connectivity index (χ1v) is 10.9. The number of pyridine rings is 1. The van der Waals surface area contributed by atoms with Crippen molar-refractivity contribution >= 4 is 35.0 Å². The van der Waals surface area contributed by atoms with Crippen LogP contribution < -0.4 is 0 Å². The molecule has 3 aromatic rings. The summed E-state index contributed by atoms with van der Waals surface area (Å²) in [5.74, 6) is -1.93. The Morgan fingerprint density at radius 3 is 2.47 bits per heavy atom. The zero-order valence-electron chi connectivity index (χ0n) is 16.0. The zero-order chi connectivity index (χ0) is 23.0. The number of thioether (sulfide) groups is 1. The molecule has 0 aliphatic carbocycles. The first-order valence-electron chi connectivity index (χ1n) is 9.25. The van der Waals surface area contributed by atoms with E-state index in [1.807, 2.05) is 0 Å². The number of aromatic nitrogens is 4. The van der Waals surface area contributed by atoms with Gasteiger partial charge >= 0.3 is 0 Å². The number of halogens is 4. The lowest BCUT2D eigenvalue weighted by atomic mass is 9.97. The molecule has 4 rings (SSSR count). The number of aliphatic hydroxyl groups is 3. The smallest absolute Gasteiger partial charge is 0.145 e. The molecular formula is C19H16Cl2F2N4O4S. The van der Waals surface area contributed by atoms with E-state index >= 15 is 0 Å². The third kappa shape index (κ3) is 4.60. The highest BCUT2D eigenvalue weighted by atomic mass is 35.5. The Balaban J connectivity index is 1.64. The van der Waals surface area contributed by atoms with Crippen LogP contribution in [0.3, 0.4) is 0 Å². The van der Waals surface area contributed by atoms with Gasteiger partial charge in [-0.05, 0) is 18.2 Å². The molecule has 32 heavy (non-hydrogen) atoms. The van der Waals surface area contributed by atoms with Crippen molar-refractivity contribution in [3.05, 3.63) is 58.5 Å². The predicted molar refractivity (Wildman–Crippen MR) is 112 cm³/mol. The third-order valence-electron chi connectivity index (χ3n) is 4.88. The van der Waals surface area contributed by atoms with Gasteiger partial charge in [0.2, 0.25) is 0 Å².